The zero-order valence-electron chi connectivity index (χ0n) is 11.1. The third kappa shape index (κ3) is 3.12. The van der Waals surface area contributed by atoms with E-state index in [-0.39, 0.29) is 6.10 Å². The number of benzene rings is 1. The van der Waals surface area contributed by atoms with Gasteiger partial charge in [0.05, 0.1) is 0 Å². The zero-order chi connectivity index (χ0) is 12.3. The summed E-state index contributed by atoms with van der Waals surface area (Å²) in [5.74, 6) is 1.60. The minimum Gasteiger partial charge on any atom is -0.486 e. The van der Waals surface area contributed by atoms with Gasteiger partial charge in [0.1, 0.15) is 11.9 Å². The SMILES string of the molecule is Cc1ccc(C(C)C)cc1OC1C=CCCC1. The Morgan fingerprint density at radius 2 is 2.12 bits per heavy atom. The first kappa shape index (κ1) is 12.2. The van der Waals surface area contributed by atoms with Crippen molar-refractivity contribution in [2.24, 2.45) is 0 Å². The Labute approximate surface area is 104 Å². The maximum absolute atomic E-state index is 6.09. The molecule has 2 rings (SSSR count). The number of aryl methyl sites for hydroxylation is 1. The highest BCUT2D eigenvalue weighted by Gasteiger charge is 2.12. The fourth-order valence-corrected chi connectivity index (χ4v) is 2.15. The van der Waals surface area contributed by atoms with Crippen molar-refractivity contribution < 1.29 is 4.74 Å². The van der Waals surface area contributed by atoms with Gasteiger partial charge in [0.25, 0.3) is 0 Å². The van der Waals surface area contributed by atoms with Crippen molar-refractivity contribution >= 4 is 0 Å². The van der Waals surface area contributed by atoms with Gasteiger partial charge in [-0.05, 0) is 55.4 Å². The van der Waals surface area contributed by atoms with Crippen LogP contribution in [-0.2, 0) is 0 Å². The first-order valence-corrected chi connectivity index (χ1v) is 6.60. The highest BCUT2D eigenvalue weighted by Crippen LogP contribution is 2.26. The van der Waals surface area contributed by atoms with Gasteiger partial charge in [-0.3, -0.25) is 0 Å². The highest BCUT2D eigenvalue weighted by molar-refractivity contribution is 5.38. The number of hydrogen-bond acceptors (Lipinski definition) is 1. The van der Waals surface area contributed by atoms with Crippen LogP contribution in [0.3, 0.4) is 0 Å². The van der Waals surface area contributed by atoms with E-state index in [1.807, 2.05) is 0 Å². The molecule has 17 heavy (non-hydrogen) atoms. The van der Waals surface area contributed by atoms with Gasteiger partial charge in [0.15, 0.2) is 0 Å². The number of ether oxygens (including phenoxy) is 1. The first-order chi connectivity index (χ1) is 8.16. The Kier molecular flexibility index (Phi) is 3.88. The summed E-state index contributed by atoms with van der Waals surface area (Å²) in [6.45, 7) is 6.55. The molecule has 1 aliphatic carbocycles. The van der Waals surface area contributed by atoms with Crippen molar-refractivity contribution in [2.75, 3.05) is 0 Å². The van der Waals surface area contributed by atoms with E-state index in [1.54, 1.807) is 0 Å². The van der Waals surface area contributed by atoms with Crippen molar-refractivity contribution in [1.29, 1.82) is 0 Å². The monoisotopic (exact) mass is 230 g/mol. The van der Waals surface area contributed by atoms with Crippen LogP contribution in [0.4, 0.5) is 0 Å². The summed E-state index contributed by atoms with van der Waals surface area (Å²) in [6, 6.07) is 6.56. The van der Waals surface area contributed by atoms with Crippen LogP contribution in [0.25, 0.3) is 0 Å². The molecule has 0 saturated carbocycles. The van der Waals surface area contributed by atoms with Crippen LogP contribution in [0.15, 0.2) is 30.4 Å². The van der Waals surface area contributed by atoms with Crippen molar-refractivity contribution in [3.63, 3.8) is 0 Å². The second kappa shape index (κ2) is 5.39. The van der Waals surface area contributed by atoms with Gasteiger partial charge < -0.3 is 4.74 Å². The zero-order valence-corrected chi connectivity index (χ0v) is 11.1. The largest absolute Gasteiger partial charge is 0.486 e. The van der Waals surface area contributed by atoms with E-state index in [2.05, 4.69) is 51.1 Å². The molecule has 0 saturated heterocycles. The molecule has 0 fully saturated rings. The van der Waals surface area contributed by atoms with Crippen molar-refractivity contribution in [1.82, 2.24) is 0 Å². The van der Waals surface area contributed by atoms with Crippen molar-refractivity contribution in [3.8, 4) is 5.75 Å². The number of allylic oxidation sites excluding steroid dienone is 1. The number of rotatable bonds is 3. The molecule has 0 heterocycles. The topological polar surface area (TPSA) is 9.23 Å². The van der Waals surface area contributed by atoms with Gasteiger partial charge in [-0.1, -0.05) is 32.1 Å². The normalized spacial score (nSPS) is 19.6. The molecule has 0 aliphatic heterocycles. The van der Waals surface area contributed by atoms with E-state index in [1.165, 1.54) is 24.0 Å². The second-order valence-electron chi connectivity index (χ2n) is 5.19. The second-order valence-corrected chi connectivity index (χ2v) is 5.19. The Morgan fingerprint density at radius 1 is 1.29 bits per heavy atom. The summed E-state index contributed by atoms with van der Waals surface area (Å²) in [4.78, 5) is 0. The Bertz CT molecular complexity index is 404. The molecule has 0 N–H and O–H groups in total. The average Bonchev–Trinajstić information content (AvgIpc) is 2.33. The molecular weight excluding hydrogens is 208 g/mol. The minimum atomic E-state index is 0.268. The van der Waals surface area contributed by atoms with Crippen molar-refractivity contribution in [3.05, 3.63) is 41.5 Å². The molecule has 92 valence electrons. The van der Waals surface area contributed by atoms with Crippen LogP contribution in [0.1, 0.15) is 50.2 Å². The van der Waals surface area contributed by atoms with Crippen LogP contribution in [0.5, 0.6) is 5.75 Å². The lowest BCUT2D eigenvalue weighted by molar-refractivity contribution is 0.228. The predicted octanol–water partition coefficient (Wildman–Crippen LogP) is 4.61. The summed E-state index contributed by atoms with van der Waals surface area (Å²) in [5.41, 5.74) is 2.58. The van der Waals surface area contributed by atoms with Gasteiger partial charge in [-0.2, -0.15) is 0 Å². The molecule has 0 amide bonds. The molecule has 1 heteroatoms. The Morgan fingerprint density at radius 3 is 2.76 bits per heavy atom. The lowest BCUT2D eigenvalue weighted by atomic mass is 10.0. The molecule has 1 unspecified atom stereocenters. The third-order valence-corrected chi connectivity index (χ3v) is 3.37. The molecule has 0 spiro atoms. The summed E-state index contributed by atoms with van der Waals surface area (Å²) < 4.78 is 6.09. The average molecular weight is 230 g/mol. The molecule has 1 nitrogen and oxygen atoms in total. The van der Waals surface area contributed by atoms with E-state index in [9.17, 15) is 0 Å². The maximum Gasteiger partial charge on any atom is 0.123 e. The standard InChI is InChI=1S/C16H22O/c1-12(2)14-10-9-13(3)16(11-14)17-15-7-5-4-6-8-15/h5,7,9-12,15H,4,6,8H2,1-3H3. The lowest BCUT2D eigenvalue weighted by Crippen LogP contribution is -2.16. The van der Waals surface area contributed by atoms with Crippen LogP contribution >= 0.6 is 0 Å². The van der Waals surface area contributed by atoms with Gasteiger partial charge >= 0.3 is 0 Å². The molecular formula is C16H22O. The quantitative estimate of drug-likeness (QED) is 0.689. The number of hydrogen-bond donors (Lipinski definition) is 0. The lowest BCUT2D eigenvalue weighted by Gasteiger charge is -2.20. The van der Waals surface area contributed by atoms with Gasteiger partial charge in [-0.25, -0.2) is 0 Å². The van der Waals surface area contributed by atoms with Gasteiger partial charge in [0.2, 0.25) is 0 Å². The van der Waals surface area contributed by atoms with E-state index in [4.69, 9.17) is 4.74 Å². The fourth-order valence-electron chi connectivity index (χ4n) is 2.15. The van der Waals surface area contributed by atoms with E-state index in [0.29, 0.717) is 5.92 Å². The van der Waals surface area contributed by atoms with Crippen LogP contribution in [0, 0.1) is 6.92 Å². The molecule has 0 bridgehead atoms. The summed E-state index contributed by atoms with van der Waals surface area (Å²) in [7, 11) is 0. The summed E-state index contributed by atoms with van der Waals surface area (Å²) in [6.07, 6.45) is 8.28. The minimum absolute atomic E-state index is 0.268. The van der Waals surface area contributed by atoms with E-state index in [0.717, 1.165) is 12.2 Å². The summed E-state index contributed by atoms with van der Waals surface area (Å²) in [5, 5.41) is 0. The fraction of sp³-hybridized carbons (Fsp3) is 0.500. The Balaban J connectivity index is 2.16. The smallest absolute Gasteiger partial charge is 0.123 e. The Hall–Kier alpha value is -1.24. The maximum atomic E-state index is 6.09. The van der Waals surface area contributed by atoms with Crippen molar-refractivity contribution in [2.45, 2.75) is 52.1 Å². The molecule has 0 aromatic heterocycles. The van der Waals surface area contributed by atoms with Crippen LogP contribution in [0.2, 0.25) is 0 Å². The van der Waals surface area contributed by atoms with Crippen LogP contribution in [-0.4, -0.2) is 6.10 Å². The highest BCUT2D eigenvalue weighted by atomic mass is 16.5. The van der Waals surface area contributed by atoms with E-state index < -0.39 is 0 Å². The van der Waals surface area contributed by atoms with Gasteiger partial charge in [0, 0.05) is 0 Å². The first-order valence-electron chi connectivity index (χ1n) is 6.60. The third-order valence-electron chi connectivity index (χ3n) is 3.37. The predicted molar refractivity (Wildman–Crippen MR) is 72.7 cm³/mol. The molecule has 0 radical (unpaired) electrons. The molecule has 1 aromatic carbocycles. The van der Waals surface area contributed by atoms with Gasteiger partial charge in [-0.15, -0.1) is 0 Å². The van der Waals surface area contributed by atoms with Crippen LogP contribution < -0.4 is 4.74 Å². The summed E-state index contributed by atoms with van der Waals surface area (Å²) >= 11 is 0. The molecule has 1 atom stereocenters. The molecule has 1 aromatic rings. The van der Waals surface area contributed by atoms with E-state index >= 15 is 0 Å². The molecule has 1 aliphatic rings.